The van der Waals surface area contributed by atoms with Crippen molar-refractivity contribution in [1.82, 2.24) is 19.5 Å². The summed E-state index contributed by atoms with van der Waals surface area (Å²) in [7, 11) is 0. The van der Waals surface area contributed by atoms with Crippen LogP contribution in [0.3, 0.4) is 0 Å². The van der Waals surface area contributed by atoms with Gasteiger partial charge in [-0.25, -0.2) is 15.0 Å². The minimum Gasteiger partial charge on any atom is -0.456 e. The van der Waals surface area contributed by atoms with E-state index in [4.69, 9.17) is 19.4 Å². The second-order valence-corrected chi connectivity index (χ2v) is 13.9. The maximum absolute atomic E-state index is 6.67. The van der Waals surface area contributed by atoms with Crippen LogP contribution in [-0.2, 0) is 0 Å². The number of rotatable bonds is 4. The molecule has 11 aromatic rings. The van der Waals surface area contributed by atoms with Crippen molar-refractivity contribution in [3.63, 3.8) is 0 Å². The first-order chi connectivity index (χ1) is 25.3. The summed E-state index contributed by atoms with van der Waals surface area (Å²) < 4.78 is 11.5. The van der Waals surface area contributed by atoms with E-state index in [-0.39, 0.29) is 0 Å². The van der Waals surface area contributed by atoms with Crippen molar-refractivity contribution in [2.75, 3.05) is 0 Å². The van der Waals surface area contributed by atoms with Gasteiger partial charge in [0.2, 0.25) is 0 Å². The lowest BCUT2D eigenvalue weighted by atomic mass is 10.0. The third kappa shape index (κ3) is 4.30. The van der Waals surface area contributed by atoms with Crippen LogP contribution < -0.4 is 0 Å². The SMILES string of the molecule is c1ccc(-c2nc(-c3ccccc3)nc(-c3cccc4oc5cc6c(cc5c34)sc3cccc(-n4c5ccccc5c5ccccc54)c36)n2)cc1. The van der Waals surface area contributed by atoms with Crippen LogP contribution in [0.4, 0.5) is 0 Å². The number of hydrogen-bond donors (Lipinski definition) is 0. The number of aromatic nitrogens is 4. The van der Waals surface area contributed by atoms with E-state index in [1.54, 1.807) is 0 Å². The van der Waals surface area contributed by atoms with Crippen molar-refractivity contribution < 1.29 is 4.42 Å². The molecule has 4 aromatic heterocycles. The molecule has 0 radical (unpaired) electrons. The van der Waals surface area contributed by atoms with Crippen molar-refractivity contribution in [1.29, 1.82) is 0 Å². The molecule has 0 atom stereocenters. The molecule has 0 N–H and O–H groups in total. The molecule has 0 spiro atoms. The van der Waals surface area contributed by atoms with E-state index in [1.807, 2.05) is 84.1 Å². The Morgan fingerprint density at radius 3 is 1.73 bits per heavy atom. The van der Waals surface area contributed by atoms with E-state index < -0.39 is 0 Å². The molecule has 0 amide bonds. The maximum atomic E-state index is 6.67. The van der Waals surface area contributed by atoms with Gasteiger partial charge < -0.3 is 8.98 Å². The molecule has 0 aliphatic heterocycles. The summed E-state index contributed by atoms with van der Waals surface area (Å²) in [6, 6.07) is 54.8. The average molecular weight is 671 g/mol. The standard InChI is InChI=1S/C45H26N4OS/c1-3-13-27(14-4-1)43-46-44(28-15-5-2-6-16-28)48-45(47-43)31-19-11-23-37-41(31)32-26-40-33(25-38(32)50-37)42-36(22-12-24-39(42)51-40)49-34-20-9-7-17-29(34)30-18-8-10-21-35(30)49/h1-26H. The minimum atomic E-state index is 0.612. The Morgan fingerprint density at radius 1 is 0.431 bits per heavy atom. The first-order valence-electron chi connectivity index (χ1n) is 16.9. The minimum absolute atomic E-state index is 0.612. The zero-order valence-electron chi connectivity index (χ0n) is 27.1. The molecule has 0 aliphatic rings. The molecular formula is C45H26N4OS. The van der Waals surface area contributed by atoms with Crippen LogP contribution in [0.5, 0.6) is 0 Å². The van der Waals surface area contributed by atoms with Crippen LogP contribution >= 0.6 is 11.3 Å². The first kappa shape index (κ1) is 28.2. The fraction of sp³-hybridized carbons (Fsp3) is 0. The summed E-state index contributed by atoms with van der Waals surface area (Å²) in [6.07, 6.45) is 0. The highest BCUT2D eigenvalue weighted by Crippen LogP contribution is 2.45. The quantitative estimate of drug-likeness (QED) is 0.187. The number of nitrogens with zero attached hydrogens (tertiary/aromatic N) is 4. The van der Waals surface area contributed by atoms with Gasteiger partial charge in [-0.2, -0.15) is 0 Å². The van der Waals surface area contributed by atoms with Crippen LogP contribution in [0.1, 0.15) is 0 Å². The summed E-state index contributed by atoms with van der Waals surface area (Å²) in [5.41, 5.74) is 7.98. The van der Waals surface area contributed by atoms with Gasteiger partial charge in [-0.1, -0.05) is 115 Å². The van der Waals surface area contributed by atoms with Gasteiger partial charge in [0.05, 0.1) is 16.7 Å². The lowest BCUT2D eigenvalue weighted by Crippen LogP contribution is -2.00. The van der Waals surface area contributed by atoms with E-state index in [0.29, 0.717) is 17.5 Å². The van der Waals surface area contributed by atoms with E-state index in [2.05, 4.69) is 89.5 Å². The number of para-hydroxylation sites is 2. The Bertz CT molecular complexity index is 3030. The summed E-state index contributed by atoms with van der Waals surface area (Å²) in [6.45, 7) is 0. The van der Waals surface area contributed by atoms with Crippen molar-refractivity contribution in [3.05, 3.63) is 158 Å². The van der Waals surface area contributed by atoms with Crippen molar-refractivity contribution in [3.8, 4) is 39.9 Å². The van der Waals surface area contributed by atoms with E-state index >= 15 is 0 Å². The molecule has 6 heteroatoms. The van der Waals surface area contributed by atoms with Gasteiger partial charge >= 0.3 is 0 Å². The predicted molar refractivity (Wildman–Crippen MR) is 211 cm³/mol. The first-order valence-corrected chi connectivity index (χ1v) is 17.8. The molecule has 51 heavy (non-hydrogen) atoms. The smallest absolute Gasteiger partial charge is 0.164 e. The third-order valence-corrected chi connectivity index (χ3v) is 11.0. The monoisotopic (exact) mass is 670 g/mol. The molecule has 0 saturated carbocycles. The molecule has 0 saturated heterocycles. The summed E-state index contributed by atoms with van der Waals surface area (Å²) in [4.78, 5) is 15.0. The van der Waals surface area contributed by atoms with Crippen LogP contribution in [-0.4, -0.2) is 19.5 Å². The van der Waals surface area contributed by atoms with E-state index in [0.717, 1.165) is 38.6 Å². The predicted octanol–water partition coefficient (Wildman–Crippen LogP) is 12.2. The molecule has 238 valence electrons. The normalized spacial score (nSPS) is 11.9. The Morgan fingerprint density at radius 2 is 1.04 bits per heavy atom. The molecular weight excluding hydrogens is 645 g/mol. The van der Waals surface area contributed by atoms with Gasteiger partial charge in [0.1, 0.15) is 11.2 Å². The van der Waals surface area contributed by atoms with E-state index in [9.17, 15) is 0 Å². The third-order valence-electron chi connectivity index (χ3n) is 9.85. The highest BCUT2D eigenvalue weighted by molar-refractivity contribution is 7.26. The molecule has 11 rings (SSSR count). The van der Waals surface area contributed by atoms with Crippen molar-refractivity contribution in [2.45, 2.75) is 0 Å². The number of fused-ring (bicyclic) bond motifs is 9. The van der Waals surface area contributed by atoms with Crippen LogP contribution in [0.25, 0.3) is 104 Å². The Hall–Kier alpha value is -6.63. The molecule has 0 aliphatic carbocycles. The molecule has 0 unspecified atom stereocenters. The fourth-order valence-electron chi connectivity index (χ4n) is 7.61. The van der Waals surface area contributed by atoms with Gasteiger partial charge in [-0.3, -0.25) is 0 Å². The summed E-state index contributed by atoms with van der Waals surface area (Å²) in [5, 5.41) is 6.95. The molecule has 0 bridgehead atoms. The Balaban J connectivity index is 1.16. The zero-order chi connectivity index (χ0) is 33.5. The Kier molecular flexibility index (Phi) is 6.05. The number of benzene rings is 7. The molecule has 0 fully saturated rings. The average Bonchev–Trinajstić information content (AvgIpc) is 3.86. The number of thiophene rings is 1. The second kappa shape index (κ2) is 10.9. The molecule has 4 heterocycles. The lowest BCUT2D eigenvalue weighted by molar-refractivity contribution is 0.669. The zero-order valence-corrected chi connectivity index (χ0v) is 27.9. The van der Waals surface area contributed by atoms with Gasteiger partial charge in [-0.15, -0.1) is 11.3 Å². The topological polar surface area (TPSA) is 56.7 Å². The number of hydrogen-bond acceptors (Lipinski definition) is 5. The maximum Gasteiger partial charge on any atom is 0.164 e. The fourth-order valence-corrected chi connectivity index (χ4v) is 8.76. The summed E-state index contributed by atoms with van der Waals surface area (Å²) >= 11 is 1.82. The highest BCUT2D eigenvalue weighted by Gasteiger charge is 2.21. The van der Waals surface area contributed by atoms with Gasteiger partial charge in [-0.05, 0) is 42.5 Å². The Labute approximate surface area is 295 Å². The lowest BCUT2D eigenvalue weighted by Gasteiger charge is -2.10. The highest BCUT2D eigenvalue weighted by atomic mass is 32.1. The molecule has 5 nitrogen and oxygen atoms in total. The van der Waals surface area contributed by atoms with Crippen molar-refractivity contribution in [2.24, 2.45) is 0 Å². The second-order valence-electron chi connectivity index (χ2n) is 12.8. The largest absolute Gasteiger partial charge is 0.456 e. The van der Waals surface area contributed by atoms with Gasteiger partial charge in [0.15, 0.2) is 17.5 Å². The van der Waals surface area contributed by atoms with Gasteiger partial charge in [0, 0.05) is 58.4 Å². The van der Waals surface area contributed by atoms with Crippen LogP contribution in [0.15, 0.2) is 162 Å². The summed E-state index contributed by atoms with van der Waals surface area (Å²) in [5.74, 6) is 1.88. The van der Waals surface area contributed by atoms with E-state index in [1.165, 1.54) is 47.7 Å². The van der Waals surface area contributed by atoms with Crippen molar-refractivity contribution >= 4 is 75.3 Å². The molecule has 7 aromatic carbocycles. The van der Waals surface area contributed by atoms with Gasteiger partial charge in [0.25, 0.3) is 0 Å². The number of furan rings is 1. The van der Waals surface area contributed by atoms with Crippen LogP contribution in [0, 0.1) is 0 Å². The van der Waals surface area contributed by atoms with Crippen LogP contribution in [0.2, 0.25) is 0 Å².